The number of nitrogens with zero attached hydrogens (tertiary/aromatic N) is 2. The Morgan fingerprint density at radius 1 is 0.968 bits per heavy atom. The number of methoxy groups -OCH3 is 1. The van der Waals surface area contributed by atoms with Crippen LogP contribution in [0, 0.1) is 0 Å². The lowest BCUT2D eigenvalue weighted by molar-refractivity contribution is 0.416. The fourth-order valence-electron chi connectivity index (χ4n) is 3.50. The van der Waals surface area contributed by atoms with Gasteiger partial charge in [0.05, 0.1) is 19.0 Å². The molecule has 7 nitrogen and oxygen atoms in total. The normalized spacial score (nSPS) is 14.4. The van der Waals surface area contributed by atoms with E-state index in [0.29, 0.717) is 31.3 Å². The Labute approximate surface area is 182 Å². The molecule has 162 valence electrons. The Bertz CT molecular complexity index is 1130. The van der Waals surface area contributed by atoms with Gasteiger partial charge in [-0.25, -0.2) is 13.4 Å². The minimum atomic E-state index is -3.49. The third kappa shape index (κ3) is 4.81. The summed E-state index contributed by atoms with van der Waals surface area (Å²) in [5, 5.41) is 3.36. The smallest absolute Gasteiger partial charge is 0.244 e. The monoisotopic (exact) mass is 439 g/mol. The van der Waals surface area contributed by atoms with Crippen molar-refractivity contribution < 1.29 is 17.9 Å². The molecule has 1 N–H and O–H groups in total. The zero-order valence-corrected chi connectivity index (χ0v) is 18.1. The minimum Gasteiger partial charge on any atom is -0.495 e. The molecule has 2 aromatic carbocycles. The molecular weight excluding hydrogens is 414 g/mol. The summed E-state index contributed by atoms with van der Waals surface area (Å²) in [6.07, 6.45) is 3.15. The van der Waals surface area contributed by atoms with Crippen LogP contribution >= 0.6 is 0 Å². The van der Waals surface area contributed by atoms with Crippen LogP contribution in [0.1, 0.15) is 18.4 Å². The molecule has 1 aliphatic heterocycles. The topological polar surface area (TPSA) is 80.8 Å². The molecule has 1 aliphatic rings. The molecule has 4 rings (SSSR count). The number of aromatic nitrogens is 1. The SMILES string of the molecule is COc1ccccc1NCc1ccccc1Oc1ccc(S(=O)(=O)N2CCCC2)cn1. The van der Waals surface area contributed by atoms with Crippen molar-refractivity contribution in [2.24, 2.45) is 0 Å². The van der Waals surface area contributed by atoms with Crippen LogP contribution in [0.15, 0.2) is 71.8 Å². The van der Waals surface area contributed by atoms with Gasteiger partial charge in [-0.2, -0.15) is 4.31 Å². The number of anilines is 1. The zero-order valence-electron chi connectivity index (χ0n) is 17.3. The second-order valence-electron chi connectivity index (χ2n) is 7.21. The third-order valence-corrected chi connectivity index (χ3v) is 7.06. The highest BCUT2D eigenvalue weighted by Crippen LogP contribution is 2.28. The van der Waals surface area contributed by atoms with Gasteiger partial charge in [-0.15, -0.1) is 0 Å². The number of sulfonamides is 1. The Kier molecular flexibility index (Phi) is 6.39. The van der Waals surface area contributed by atoms with Gasteiger partial charge in [0.15, 0.2) is 0 Å². The summed E-state index contributed by atoms with van der Waals surface area (Å²) < 4.78 is 38.2. The summed E-state index contributed by atoms with van der Waals surface area (Å²) in [6, 6.07) is 18.5. The van der Waals surface area contributed by atoms with Gasteiger partial charge in [0.1, 0.15) is 16.4 Å². The van der Waals surface area contributed by atoms with Crippen LogP contribution in [0.2, 0.25) is 0 Å². The van der Waals surface area contributed by atoms with Crippen LogP contribution in [0.4, 0.5) is 5.69 Å². The summed E-state index contributed by atoms with van der Waals surface area (Å²) in [7, 11) is -1.85. The van der Waals surface area contributed by atoms with Gasteiger partial charge in [-0.1, -0.05) is 30.3 Å². The van der Waals surface area contributed by atoms with Crippen molar-refractivity contribution in [1.82, 2.24) is 9.29 Å². The predicted octanol–water partition coefficient (Wildman–Crippen LogP) is 4.28. The summed E-state index contributed by atoms with van der Waals surface area (Å²) >= 11 is 0. The second kappa shape index (κ2) is 9.36. The second-order valence-corrected chi connectivity index (χ2v) is 9.14. The number of rotatable bonds is 8. The molecule has 0 radical (unpaired) electrons. The molecule has 1 aromatic heterocycles. The van der Waals surface area contributed by atoms with E-state index in [9.17, 15) is 8.42 Å². The number of hydrogen-bond acceptors (Lipinski definition) is 6. The van der Waals surface area contributed by atoms with Crippen LogP contribution in [0.25, 0.3) is 0 Å². The standard InChI is InChI=1S/C23H25N3O4S/c1-29-22-11-5-3-9-20(22)24-16-18-8-2-4-10-21(18)30-23-13-12-19(17-25-23)31(27,28)26-14-6-7-15-26/h2-5,8-13,17,24H,6-7,14-16H2,1H3. The van der Waals surface area contributed by atoms with Gasteiger partial charge in [0, 0.05) is 31.3 Å². The highest BCUT2D eigenvalue weighted by molar-refractivity contribution is 7.89. The molecule has 0 atom stereocenters. The first-order chi connectivity index (χ1) is 15.1. The van der Waals surface area contributed by atoms with Crippen molar-refractivity contribution in [2.75, 3.05) is 25.5 Å². The van der Waals surface area contributed by atoms with Crippen LogP contribution < -0.4 is 14.8 Å². The molecule has 0 amide bonds. The molecule has 0 saturated carbocycles. The van der Waals surface area contributed by atoms with Gasteiger partial charge in [-0.3, -0.25) is 0 Å². The quantitative estimate of drug-likeness (QED) is 0.564. The Balaban J connectivity index is 1.47. The lowest BCUT2D eigenvalue weighted by Crippen LogP contribution is -2.27. The maximum atomic E-state index is 12.7. The van der Waals surface area contributed by atoms with Gasteiger partial charge >= 0.3 is 0 Å². The van der Waals surface area contributed by atoms with E-state index in [2.05, 4.69) is 10.3 Å². The van der Waals surface area contributed by atoms with Crippen molar-refractivity contribution in [3.05, 3.63) is 72.4 Å². The molecule has 2 heterocycles. The Hall–Kier alpha value is -3.10. The predicted molar refractivity (Wildman–Crippen MR) is 119 cm³/mol. The number of pyridine rings is 1. The van der Waals surface area contributed by atoms with E-state index >= 15 is 0 Å². The van der Waals surface area contributed by atoms with Crippen LogP contribution in [0.3, 0.4) is 0 Å². The average Bonchev–Trinajstić information content (AvgIpc) is 3.35. The third-order valence-electron chi connectivity index (χ3n) is 5.18. The first kappa shape index (κ1) is 21.1. The molecule has 3 aromatic rings. The zero-order chi connectivity index (χ0) is 21.7. The number of hydrogen-bond donors (Lipinski definition) is 1. The largest absolute Gasteiger partial charge is 0.495 e. The molecule has 0 bridgehead atoms. The maximum absolute atomic E-state index is 12.7. The number of para-hydroxylation sites is 3. The summed E-state index contributed by atoms with van der Waals surface area (Å²) in [4.78, 5) is 4.42. The van der Waals surface area contributed by atoms with E-state index in [0.717, 1.165) is 29.8 Å². The van der Waals surface area contributed by atoms with E-state index < -0.39 is 10.0 Å². The first-order valence-corrected chi connectivity index (χ1v) is 11.6. The summed E-state index contributed by atoms with van der Waals surface area (Å²) in [5.74, 6) is 1.75. The highest BCUT2D eigenvalue weighted by Gasteiger charge is 2.27. The molecule has 8 heteroatoms. The van der Waals surface area contributed by atoms with Crippen LogP contribution in [-0.4, -0.2) is 37.9 Å². The minimum absolute atomic E-state index is 0.188. The van der Waals surface area contributed by atoms with Gasteiger partial charge in [-0.05, 0) is 37.1 Å². The number of benzene rings is 2. The van der Waals surface area contributed by atoms with Gasteiger partial charge in [0.2, 0.25) is 15.9 Å². The molecule has 1 saturated heterocycles. The number of nitrogens with one attached hydrogen (secondary N) is 1. The number of ether oxygens (including phenoxy) is 2. The lowest BCUT2D eigenvalue weighted by Gasteiger charge is -2.16. The van der Waals surface area contributed by atoms with Crippen molar-refractivity contribution >= 4 is 15.7 Å². The molecule has 1 fully saturated rings. The molecule has 31 heavy (non-hydrogen) atoms. The van der Waals surface area contributed by atoms with E-state index in [1.807, 2.05) is 48.5 Å². The first-order valence-electron chi connectivity index (χ1n) is 10.2. The average molecular weight is 440 g/mol. The Morgan fingerprint density at radius 2 is 1.68 bits per heavy atom. The Morgan fingerprint density at radius 3 is 2.39 bits per heavy atom. The maximum Gasteiger partial charge on any atom is 0.244 e. The van der Waals surface area contributed by atoms with E-state index in [1.54, 1.807) is 19.2 Å². The van der Waals surface area contributed by atoms with Crippen molar-refractivity contribution in [1.29, 1.82) is 0 Å². The van der Waals surface area contributed by atoms with E-state index in [4.69, 9.17) is 9.47 Å². The summed E-state index contributed by atoms with van der Waals surface area (Å²) in [6.45, 7) is 1.65. The van der Waals surface area contributed by atoms with Crippen molar-refractivity contribution in [2.45, 2.75) is 24.3 Å². The van der Waals surface area contributed by atoms with Crippen molar-refractivity contribution in [3.8, 4) is 17.4 Å². The summed E-state index contributed by atoms with van der Waals surface area (Å²) in [5.41, 5.74) is 1.82. The fraction of sp³-hybridized carbons (Fsp3) is 0.261. The molecule has 0 spiro atoms. The van der Waals surface area contributed by atoms with Crippen molar-refractivity contribution in [3.63, 3.8) is 0 Å². The lowest BCUT2D eigenvalue weighted by atomic mass is 10.2. The van der Waals surface area contributed by atoms with E-state index in [1.165, 1.54) is 10.5 Å². The van der Waals surface area contributed by atoms with Gasteiger partial charge < -0.3 is 14.8 Å². The molecular formula is C23H25N3O4S. The molecule has 0 aliphatic carbocycles. The van der Waals surface area contributed by atoms with E-state index in [-0.39, 0.29) is 4.90 Å². The fourth-order valence-corrected chi connectivity index (χ4v) is 4.96. The van der Waals surface area contributed by atoms with Gasteiger partial charge in [0.25, 0.3) is 0 Å². The van der Waals surface area contributed by atoms with Crippen LogP contribution in [0.5, 0.6) is 17.4 Å². The molecule has 0 unspecified atom stereocenters. The highest BCUT2D eigenvalue weighted by atomic mass is 32.2. The van der Waals surface area contributed by atoms with Crippen LogP contribution in [-0.2, 0) is 16.6 Å².